The number of hydrogen-bond donors (Lipinski definition) is 1. The summed E-state index contributed by atoms with van der Waals surface area (Å²) in [6, 6.07) is 4.02. The molecule has 0 aromatic heterocycles. The average molecular weight is 262 g/mol. The molecule has 1 aliphatic rings. The topological polar surface area (TPSA) is 55.2 Å². The van der Waals surface area contributed by atoms with E-state index in [2.05, 4.69) is 19.2 Å². The standard InChI is InChI=1S/C15H22N2O2/c1-10-9-13(17(18)19)11(2)8-12(10)16-14-6-5-7-15(14,3)4/h8-9,14,16H,5-7H2,1-4H3. The Bertz CT molecular complexity index is 509. The maximum atomic E-state index is 10.9. The summed E-state index contributed by atoms with van der Waals surface area (Å²) in [6.45, 7) is 8.29. The fraction of sp³-hybridized carbons (Fsp3) is 0.600. The molecule has 19 heavy (non-hydrogen) atoms. The van der Waals surface area contributed by atoms with Gasteiger partial charge in [0.1, 0.15) is 0 Å². The minimum atomic E-state index is -0.314. The third-order valence-electron chi connectivity index (χ3n) is 4.33. The molecule has 1 aromatic carbocycles. The molecule has 0 saturated heterocycles. The molecule has 0 amide bonds. The number of nitro groups is 1. The monoisotopic (exact) mass is 262 g/mol. The SMILES string of the molecule is Cc1cc([N+](=O)[O-])c(C)cc1NC1CCCC1(C)C. The zero-order valence-electron chi connectivity index (χ0n) is 12.1. The second kappa shape index (κ2) is 4.83. The first-order valence-electron chi connectivity index (χ1n) is 6.83. The van der Waals surface area contributed by atoms with Gasteiger partial charge in [0.25, 0.3) is 5.69 Å². The second-order valence-electron chi connectivity index (χ2n) is 6.29. The molecule has 1 aromatic rings. The average Bonchev–Trinajstić information content (AvgIpc) is 2.62. The summed E-state index contributed by atoms with van der Waals surface area (Å²) < 4.78 is 0. The van der Waals surface area contributed by atoms with Gasteiger partial charge >= 0.3 is 0 Å². The Balaban J connectivity index is 2.27. The highest BCUT2D eigenvalue weighted by molar-refractivity contribution is 5.59. The molecule has 104 valence electrons. The van der Waals surface area contributed by atoms with E-state index >= 15 is 0 Å². The van der Waals surface area contributed by atoms with E-state index in [0.717, 1.165) is 11.3 Å². The lowest BCUT2D eigenvalue weighted by Gasteiger charge is -2.29. The van der Waals surface area contributed by atoms with Crippen LogP contribution in [-0.4, -0.2) is 11.0 Å². The van der Waals surface area contributed by atoms with Crippen LogP contribution in [0.3, 0.4) is 0 Å². The summed E-state index contributed by atoms with van der Waals surface area (Å²) in [5.74, 6) is 0. The molecular weight excluding hydrogens is 240 g/mol. The predicted octanol–water partition coefficient (Wildman–Crippen LogP) is 4.20. The summed E-state index contributed by atoms with van der Waals surface area (Å²) in [7, 11) is 0. The molecule has 0 heterocycles. The van der Waals surface area contributed by atoms with E-state index in [1.165, 1.54) is 19.3 Å². The maximum Gasteiger partial charge on any atom is 0.272 e. The highest BCUT2D eigenvalue weighted by Crippen LogP contribution is 2.40. The molecule has 1 fully saturated rings. The van der Waals surface area contributed by atoms with Crippen LogP contribution in [0.5, 0.6) is 0 Å². The molecule has 0 bridgehead atoms. The van der Waals surface area contributed by atoms with Gasteiger partial charge in [0, 0.05) is 23.4 Å². The van der Waals surface area contributed by atoms with Crippen LogP contribution in [0.15, 0.2) is 12.1 Å². The van der Waals surface area contributed by atoms with Crippen molar-refractivity contribution in [2.75, 3.05) is 5.32 Å². The van der Waals surface area contributed by atoms with Crippen molar-refractivity contribution in [1.82, 2.24) is 0 Å². The Morgan fingerprint density at radius 3 is 2.53 bits per heavy atom. The third-order valence-corrected chi connectivity index (χ3v) is 4.33. The zero-order chi connectivity index (χ0) is 14.2. The lowest BCUT2D eigenvalue weighted by Crippen LogP contribution is -2.31. The number of benzene rings is 1. The van der Waals surface area contributed by atoms with E-state index in [0.29, 0.717) is 17.0 Å². The van der Waals surface area contributed by atoms with Crippen molar-refractivity contribution in [2.45, 2.75) is 53.0 Å². The number of nitro benzene ring substituents is 1. The lowest BCUT2D eigenvalue weighted by atomic mass is 9.87. The van der Waals surface area contributed by atoms with Crippen molar-refractivity contribution in [3.63, 3.8) is 0 Å². The molecule has 0 aliphatic heterocycles. The summed E-state index contributed by atoms with van der Waals surface area (Å²) in [5, 5.41) is 14.5. The molecule has 1 atom stereocenters. The first-order valence-corrected chi connectivity index (χ1v) is 6.83. The van der Waals surface area contributed by atoms with E-state index in [-0.39, 0.29) is 10.6 Å². The summed E-state index contributed by atoms with van der Waals surface area (Å²) >= 11 is 0. The van der Waals surface area contributed by atoms with Gasteiger partial charge in [-0.05, 0) is 43.7 Å². The van der Waals surface area contributed by atoms with E-state index in [4.69, 9.17) is 0 Å². The molecule has 4 heteroatoms. The molecule has 1 aliphatic carbocycles. The Kier molecular flexibility index (Phi) is 3.52. The normalized spacial score (nSPS) is 21.4. The van der Waals surface area contributed by atoms with Gasteiger partial charge in [0.05, 0.1) is 4.92 Å². The molecule has 2 rings (SSSR count). The van der Waals surface area contributed by atoms with Gasteiger partial charge in [-0.2, -0.15) is 0 Å². The van der Waals surface area contributed by atoms with Crippen LogP contribution >= 0.6 is 0 Å². The molecule has 4 nitrogen and oxygen atoms in total. The van der Waals surface area contributed by atoms with Crippen molar-refractivity contribution in [3.8, 4) is 0 Å². The Hall–Kier alpha value is -1.58. The van der Waals surface area contributed by atoms with Gasteiger partial charge in [0.15, 0.2) is 0 Å². The van der Waals surface area contributed by atoms with Gasteiger partial charge in [-0.15, -0.1) is 0 Å². The summed E-state index contributed by atoms with van der Waals surface area (Å²) in [6.07, 6.45) is 3.65. The quantitative estimate of drug-likeness (QED) is 0.656. The highest BCUT2D eigenvalue weighted by Gasteiger charge is 2.34. The van der Waals surface area contributed by atoms with Crippen molar-refractivity contribution < 1.29 is 4.92 Å². The van der Waals surface area contributed by atoms with Gasteiger partial charge in [-0.25, -0.2) is 0 Å². The van der Waals surface area contributed by atoms with E-state index in [9.17, 15) is 10.1 Å². The van der Waals surface area contributed by atoms with Crippen molar-refractivity contribution in [2.24, 2.45) is 5.41 Å². The number of aryl methyl sites for hydroxylation is 2. The number of hydrogen-bond acceptors (Lipinski definition) is 3. The van der Waals surface area contributed by atoms with Crippen LogP contribution in [0, 0.1) is 29.4 Å². The minimum Gasteiger partial charge on any atom is -0.382 e. The molecule has 0 radical (unpaired) electrons. The third kappa shape index (κ3) is 2.72. The van der Waals surface area contributed by atoms with Crippen molar-refractivity contribution >= 4 is 11.4 Å². The lowest BCUT2D eigenvalue weighted by molar-refractivity contribution is -0.385. The van der Waals surface area contributed by atoms with Gasteiger partial charge < -0.3 is 5.32 Å². The Labute approximate surface area is 114 Å². The van der Waals surface area contributed by atoms with E-state index < -0.39 is 0 Å². The number of rotatable bonds is 3. The second-order valence-corrected chi connectivity index (χ2v) is 6.29. The molecule has 0 spiro atoms. The fourth-order valence-corrected chi connectivity index (χ4v) is 2.94. The first kappa shape index (κ1) is 13.8. The summed E-state index contributed by atoms with van der Waals surface area (Å²) in [5.41, 5.74) is 3.19. The van der Waals surface area contributed by atoms with Crippen LogP contribution < -0.4 is 5.32 Å². The minimum absolute atomic E-state index is 0.203. The van der Waals surface area contributed by atoms with Crippen LogP contribution in [0.1, 0.15) is 44.2 Å². The van der Waals surface area contributed by atoms with Crippen LogP contribution in [0.25, 0.3) is 0 Å². The molecule has 1 unspecified atom stereocenters. The highest BCUT2D eigenvalue weighted by atomic mass is 16.6. The zero-order valence-corrected chi connectivity index (χ0v) is 12.1. The molecular formula is C15H22N2O2. The number of nitrogens with zero attached hydrogens (tertiary/aromatic N) is 1. The van der Waals surface area contributed by atoms with Gasteiger partial charge in [0.2, 0.25) is 0 Å². The smallest absolute Gasteiger partial charge is 0.272 e. The Morgan fingerprint density at radius 1 is 1.32 bits per heavy atom. The van der Waals surface area contributed by atoms with Crippen LogP contribution in [0.4, 0.5) is 11.4 Å². The van der Waals surface area contributed by atoms with E-state index in [1.54, 1.807) is 13.0 Å². The maximum absolute atomic E-state index is 10.9. The number of nitrogens with one attached hydrogen (secondary N) is 1. The van der Waals surface area contributed by atoms with Crippen molar-refractivity contribution in [3.05, 3.63) is 33.4 Å². The predicted molar refractivity (Wildman–Crippen MR) is 77.6 cm³/mol. The first-order chi connectivity index (χ1) is 8.81. The molecule has 1 saturated carbocycles. The van der Waals surface area contributed by atoms with Gasteiger partial charge in [-0.1, -0.05) is 20.3 Å². The van der Waals surface area contributed by atoms with Gasteiger partial charge in [-0.3, -0.25) is 10.1 Å². The van der Waals surface area contributed by atoms with Crippen molar-refractivity contribution in [1.29, 1.82) is 0 Å². The van der Waals surface area contributed by atoms with Crippen LogP contribution in [0.2, 0.25) is 0 Å². The van der Waals surface area contributed by atoms with Crippen LogP contribution in [-0.2, 0) is 0 Å². The van der Waals surface area contributed by atoms with E-state index in [1.807, 2.05) is 13.0 Å². The Morgan fingerprint density at radius 2 is 2.00 bits per heavy atom. The largest absolute Gasteiger partial charge is 0.382 e. The fourth-order valence-electron chi connectivity index (χ4n) is 2.94. The number of anilines is 1. The summed E-state index contributed by atoms with van der Waals surface area (Å²) in [4.78, 5) is 10.6. The molecule has 1 N–H and O–H groups in total.